The Morgan fingerprint density at radius 3 is 2.50 bits per heavy atom. The van der Waals surface area contributed by atoms with Gasteiger partial charge in [0.1, 0.15) is 11.8 Å². The summed E-state index contributed by atoms with van der Waals surface area (Å²) in [6, 6.07) is 0.641. The van der Waals surface area contributed by atoms with Gasteiger partial charge < -0.3 is 14.5 Å². The normalized spacial score (nSPS) is 12.5. The molecule has 1 amide bonds. The predicted molar refractivity (Wildman–Crippen MR) is 64.2 cm³/mol. The van der Waals surface area contributed by atoms with E-state index in [0.29, 0.717) is 12.2 Å². The Hall–Kier alpha value is -1.85. The second kappa shape index (κ2) is 5.66. The molecule has 18 heavy (non-hydrogen) atoms. The van der Waals surface area contributed by atoms with Gasteiger partial charge in [0, 0.05) is 13.1 Å². The number of aromatic nitrogens is 1. The highest BCUT2D eigenvalue weighted by molar-refractivity contribution is 5.94. The number of aryl methyl sites for hydroxylation is 1. The molecule has 0 saturated carbocycles. The summed E-state index contributed by atoms with van der Waals surface area (Å²) in [5.41, 5.74) is 0.130. The van der Waals surface area contributed by atoms with Crippen LogP contribution < -0.4 is 0 Å². The lowest BCUT2D eigenvalue weighted by atomic mass is 10.0. The second-order valence-electron chi connectivity index (χ2n) is 4.72. The quantitative estimate of drug-likeness (QED) is 0.861. The number of aliphatic carboxylic acids is 1. The number of amides is 1. The lowest BCUT2D eigenvalue weighted by Crippen LogP contribution is -2.43. The third kappa shape index (κ3) is 3.32. The number of hydrogen-bond acceptors (Lipinski definition) is 4. The standard InChI is InChI=1S/C12H18N2O4/c1-7(2)5-10(12(16)17)14(4)11(15)9-6-8(3)18-13-9/h6-7,10H,5H2,1-4H3,(H,16,17). The lowest BCUT2D eigenvalue weighted by molar-refractivity contribution is -0.142. The molecule has 0 spiro atoms. The molecule has 6 nitrogen and oxygen atoms in total. The highest BCUT2D eigenvalue weighted by atomic mass is 16.5. The molecular weight excluding hydrogens is 236 g/mol. The summed E-state index contributed by atoms with van der Waals surface area (Å²) in [6.07, 6.45) is 0.397. The van der Waals surface area contributed by atoms with E-state index in [1.807, 2.05) is 13.8 Å². The van der Waals surface area contributed by atoms with Crippen molar-refractivity contribution in [1.29, 1.82) is 0 Å². The first-order valence-electron chi connectivity index (χ1n) is 5.76. The van der Waals surface area contributed by atoms with Gasteiger partial charge in [-0.3, -0.25) is 4.79 Å². The lowest BCUT2D eigenvalue weighted by Gasteiger charge is -2.25. The van der Waals surface area contributed by atoms with E-state index in [2.05, 4.69) is 5.16 Å². The van der Waals surface area contributed by atoms with Crippen molar-refractivity contribution in [3.8, 4) is 0 Å². The Morgan fingerprint density at radius 2 is 2.11 bits per heavy atom. The summed E-state index contributed by atoms with van der Waals surface area (Å²) in [6.45, 7) is 5.50. The van der Waals surface area contributed by atoms with Gasteiger partial charge in [0.2, 0.25) is 0 Å². The molecule has 1 unspecified atom stereocenters. The van der Waals surface area contributed by atoms with Crippen LogP contribution in [0.4, 0.5) is 0 Å². The van der Waals surface area contributed by atoms with E-state index in [-0.39, 0.29) is 11.6 Å². The van der Waals surface area contributed by atoms with Crippen LogP contribution in [0.2, 0.25) is 0 Å². The number of carbonyl (C=O) groups is 2. The average molecular weight is 254 g/mol. The molecule has 1 rings (SSSR count). The maximum Gasteiger partial charge on any atom is 0.326 e. The minimum absolute atomic E-state index is 0.130. The molecule has 0 aromatic carbocycles. The van der Waals surface area contributed by atoms with Crippen molar-refractivity contribution >= 4 is 11.9 Å². The van der Waals surface area contributed by atoms with Crippen molar-refractivity contribution in [3.63, 3.8) is 0 Å². The third-order valence-corrected chi connectivity index (χ3v) is 2.61. The molecule has 0 aliphatic heterocycles. The second-order valence-corrected chi connectivity index (χ2v) is 4.72. The van der Waals surface area contributed by atoms with E-state index >= 15 is 0 Å². The fraction of sp³-hybridized carbons (Fsp3) is 0.583. The first-order chi connectivity index (χ1) is 8.32. The van der Waals surface area contributed by atoms with E-state index in [0.717, 1.165) is 0 Å². The van der Waals surface area contributed by atoms with Crippen molar-refractivity contribution in [2.75, 3.05) is 7.05 Å². The largest absolute Gasteiger partial charge is 0.480 e. The fourth-order valence-electron chi connectivity index (χ4n) is 1.66. The topological polar surface area (TPSA) is 83.6 Å². The van der Waals surface area contributed by atoms with Gasteiger partial charge in [0.15, 0.2) is 5.69 Å². The van der Waals surface area contributed by atoms with Crippen LogP contribution in [0, 0.1) is 12.8 Å². The van der Waals surface area contributed by atoms with Crippen LogP contribution in [-0.4, -0.2) is 40.1 Å². The molecule has 1 aromatic rings. The summed E-state index contributed by atoms with van der Waals surface area (Å²) >= 11 is 0. The highest BCUT2D eigenvalue weighted by Gasteiger charge is 2.29. The molecule has 1 aromatic heterocycles. The zero-order valence-electron chi connectivity index (χ0n) is 11.0. The number of likely N-dealkylation sites (N-methyl/N-ethyl adjacent to an activating group) is 1. The number of hydrogen-bond donors (Lipinski definition) is 1. The Labute approximate surface area is 106 Å². The van der Waals surface area contributed by atoms with Crippen LogP contribution in [0.1, 0.15) is 36.5 Å². The zero-order chi connectivity index (χ0) is 13.9. The molecule has 6 heteroatoms. The number of nitrogens with zero attached hydrogens (tertiary/aromatic N) is 2. The summed E-state index contributed by atoms with van der Waals surface area (Å²) in [4.78, 5) is 24.4. The first-order valence-corrected chi connectivity index (χ1v) is 5.76. The minimum atomic E-state index is -1.01. The summed E-state index contributed by atoms with van der Waals surface area (Å²) in [5, 5.41) is 12.8. The van der Waals surface area contributed by atoms with Gasteiger partial charge in [0.25, 0.3) is 5.91 Å². The smallest absolute Gasteiger partial charge is 0.326 e. The molecule has 1 heterocycles. The van der Waals surface area contributed by atoms with Crippen LogP contribution in [0.3, 0.4) is 0 Å². The van der Waals surface area contributed by atoms with Gasteiger partial charge in [0.05, 0.1) is 0 Å². The molecule has 100 valence electrons. The molecule has 0 saturated heterocycles. The minimum Gasteiger partial charge on any atom is -0.480 e. The zero-order valence-corrected chi connectivity index (χ0v) is 11.0. The summed E-state index contributed by atoms with van der Waals surface area (Å²) in [7, 11) is 1.47. The molecule has 1 atom stereocenters. The Morgan fingerprint density at radius 1 is 1.50 bits per heavy atom. The molecule has 0 bridgehead atoms. The molecule has 1 N–H and O–H groups in total. The summed E-state index contributed by atoms with van der Waals surface area (Å²) in [5.74, 6) is -0.762. The number of carboxylic acid groups (broad SMARTS) is 1. The van der Waals surface area contributed by atoms with Crippen LogP contribution in [0.25, 0.3) is 0 Å². The van der Waals surface area contributed by atoms with Gasteiger partial charge in [-0.15, -0.1) is 0 Å². The van der Waals surface area contributed by atoms with Crippen molar-refractivity contribution in [1.82, 2.24) is 10.1 Å². The van der Waals surface area contributed by atoms with Crippen molar-refractivity contribution in [2.24, 2.45) is 5.92 Å². The van der Waals surface area contributed by atoms with Crippen molar-refractivity contribution < 1.29 is 19.2 Å². The van der Waals surface area contributed by atoms with Gasteiger partial charge in [-0.2, -0.15) is 0 Å². The Kier molecular flexibility index (Phi) is 4.47. The monoisotopic (exact) mass is 254 g/mol. The maximum absolute atomic E-state index is 12.0. The van der Waals surface area contributed by atoms with E-state index in [1.165, 1.54) is 18.0 Å². The van der Waals surface area contributed by atoms with Crippen LogP contribution in [0.5, 0.6) is 0 Å². The van der Waals surface area contributed by atoms with Crippen molar-refractivity contribution in [2.45, 2.75) is 33.2 Å². The molecular formula is C12H18N2O4. The predicted octanol–water partition coefficient (Wildman–Crippen LogP) is 1.55. The van der Waals surface area contributed by atoms with Gasteiger partial charge >= 0.3 is 5.97 Å². The third-order valence-electron chi connectivity index (χ3n) is 2.61. The number of carbonyl (C=O) groups excluding carboxylic acids is 1. The van der Waals surface area contributed by atoms with E-state index in [9.17, 15) is 9.59 Å². The van der Waals surface area contributed by atoms with Crippen LogP contribution in [0.15, 0.2) is 10.6 Å². The highest BCUT2D eigenvalue weighted by Crippen LogP contribution is 2.14. The SMILES string of the molecule is Cc1cc(C(=O)N(C)C(CC(C)C)C(=O)O)no1. The molecule has 0 aliphatic rings. The number of rotatable bonds is 5. The number of carboxylic acids is 1. The maximum atomic E-state index is 12.0. The molecule has 0 aliphatic carbocycles. The van der Waals surface area contributed by atoms with E-state index in [1.54, 1.807) is 6.92 Å². The summed E-state index contributed by atoms with van der Waals surface area (Å²) < 4.78 is 4.81. The van der Waals surface area contributed by atoms with Gasteiger partial charge in [-0.25, -0.2) is 4.79 Å². The molecule has 0 radical (unpaired) electrons. The Balaban J connectivity index is 2.86. The van der Waals surface area contributed by atoms with Crippen molar-refractivity contribution in [3.05, 3.63) is 17.5 Å². The van der Waals surface area contributed by atoms with Gasteiger partial charge in [-0.1, -0.05) is 19.0 Å². The van der Waals surface area contributed by atoms with Crippen LogP contribution in [-0.2, 0) is 4.79 Å². The first kappa shape index (κ1) is 14.2. The molecule has 0 fully saturated rings. The van der Waals surface area contributed by atoms with Crippen LogP contribution >= 0.6 is 0 Å². The average Bonchev–Trinajstić information content (AvgIpc) is 2.70. The van der Waals surface area contributed by atoms with Gasteiger partial charge in [-0.05, 0) is 19.3 Å². The van der Waals surface area contributed by atoms with E-state index < -0.39 is 17.9 Å². The fourth-order valence-corrected chi connectivity index (χ4v) is 1.66. The van der Waals surface area contributed by atoms with E-state index in [4.69, 9.17) is 9.63 Å². The Bertz CT molecular complexity index is 439.